The molecule has 3 aromatic carbocycles. The molecule has 0 spiro atoms. The molecule has 1 atom stereocenters. The van der Waals surface area contributed by atoms with Crippen LogP contribution in [0.3, 0.4) is 0 Å². The molecule has 0 aromatic heterocycles. The number of amides is 2. The molecule has 0 aliphatic heterocycles. The number of ether oxygens (including phenoxy) is 1. The van der Waals surface area contributed by atoms with E-state index in [-0.39, 0.29) is 29.1 Å². The number of carbonyl (C=O) groups excluding carboxylic acids is 2. The van der Waals surface area contributed by atoms with Crippen LogP contribution in [0.25, 0.3) is 0 Å². The predicted octanol–water partition coefficient (Wildman–Crippen LogP) is 5.76. The minimum atomic E-state index is -4.18. The van der Waals surface area contributed by atoms with E-state index < -0.39 is 28.5 Å². The lowest BCUT2D eigenvalue weighted by Crippen LogP contribution is -2.54. The number of sulfonamides is 1. The van der Waals surface area contributed by atoms with Crippen LogP contribution in [0.5, 0.6) is 5.75 Å². The molecule has 230 valence electrons. The highest BCUT2D eigenvalue weighted by Crippen LogP contribution is 2.33. The number of anilines is 1. The third-order valence-corrected chi connectivity index (χ3v) is 9.79. The van der Waals surface area contributed by atoms with Crippen molar-refractivity contribution in [3.8, 4) is 5.75 Å². The summed E-state index contributed by atoms with van der Waals surface area (Å²) in [5, 5.41) is 3.18. The lowest BCUT2D eigenvalue weighted by Gasteiger charge is -2.34. The molecule has 9 heteroatoms. The molecule has 1 aliphatic rings. The van der Waals surface area contributed by atoms with Gasteiger partial charge in [0.05, 0.1) is 17.7 Å². The van der Waals surface area contributed by atoms with E-state index in [1.807, 2.05) is 45.0 Å². The average Bonchev–Trinajstić information content (AvgIpc) is 3.00. The van der Waals surface area contributed by atoms with Gasteiger partial charge in [-0.25, -0.2) is 8.42 Å². The molecule has 2 amide bonds. The zero-order chi connectivity index (χ0) is 31.0. The Labute approximate surface area is 256 Å². The SMILES string of the molecule is CC[C@@H](C(=O)NC1CCCCC1)N(Cc1cccc(C)c1)C(=O)CN(c1ccccc1OC)S(=O)(=O)c1ccc(C)cc1. The second-order valence-electron chi connectivity index (χ2n) is 11.3. The molecular weight excluding hydrogens is 562 g/mol. The molecule has 1 aliphatic carbocycles. The van der Waals surface area contributed by atoms with E-state index in [2.05, 4.69) is 5.32 Å². The second kappa shape index (κ2) is 14.6. The van der Waals surface area contributed by atoms with Crippen LogP contribution >= 0.6 is 0 Å². The monoisotopic (exact) mass is 605 g/mol. The Hall–Kier alpha value is -3.85. The third-order valence-electron chi connectivity index (χ3n) is 8.01. The Kier molecular flexibility index (Phi) is 10.9. The first-order valence-corrected chi connectivity index (χ1v) is 16.5. The van der Waals surface area contributed by atoms with Gasteiger partial charge in [0.15, 0.2) is 0 Å². The highest BCUT2D eigenvalue weighted by molar-refractivity contribution is 7.92. The summed E-state index contributed by atoms with van der Waals surface area (Å²) in [6, 6.07) is 20.4. The van der Waals surface area contributed by atoms with E-state index >= 15 is 0 Å². The number of aryl methyl sites for hydroxylation is 2. The van der Waals surface area contributed by atoms with Gasteiger partial charge in [0.25, 0.3) is 10.0 Å². The summed E-state index contributed by atoms with van der Waals surface area (Å²) < 4.78 is 34.9. The van der Waals surface area contributed by atoms with E-state index in [9.17, 15) is 18.0 Å². The van der Waals surface area contributed by atoms with Crippen LogP contribution in [-0.2, 0) is 26.2 Å². The lowest BCUT2D eigenvalue weighted by atomic mass is 9.95. The summed E-state index contributed by atoms with van der Waals surface area (Å²) in [5.74, 6) is -0.368. The van der Waals surface area contributed by atoms with Gasteiger partial charge < -0.3 is 15.0 Å². The molecular formula is C34H43N3O5S. The minimum absolute atomic E-state index is 0.0594. The number of nitrogens with one attached hydrogen (secondary N) is 1. The van der Waals surface area contributed by atoms with Crippen LogP contribution in [0.4, 0.5) is 5.69 Å². The maximum atomic E-state index is 14.3. The number of methoxy groups -OCH3 is 1. The zero-order valence-electron chi connectivity index (χ0n) is 25.6. The molecule has 0 radical (unpaired) electrons. The quantitative estimate of drug-likeness (QED) is 0.283. The molecule has 1 fully saturated rings. The summed E-state index contributed by atoms with van der Waals surface area (Å²) in [7, 11) is -2.72. The molecule has 0 bridgehead atoms. The van der Waals surface area contributed by atoms with Crippen molar-refractivity contribution in [2.45, 2.75) is 82.8 Å². The van der Waals surface area contributed by atoms with Gasteiger partial charge in [-0.3, -0.25) is 13.9 Å². The van der Waals surface area contributed by atoms with Crippen molar-refractivity contribution >= 4 is 27.5 Å². The van der Waals surface area contributed by atoms with Crippen LogP contribution in [0.1, 0.15) is 62.1 Å². The maximum absolute atomic E-state index is 14.3. The lowest BCUT2D eigenvalue weighted by molar-refractivity contribution is -0.140. The molecule has 3 aromatic rings. The van der Waals surface area contributed by atoms with Gasteiger partial charge in [0, 0.05) is 12.6 Å². The van der Waals surface area contributed by atoms with Crippen molar-refractivity contribution in [3.63, 3.8) is 0 Å². The summed E-state index contributed by atoms with van der Waals surface area (Å²) in [4.78, 5) is 29.6. The van der Waals surface area contributed by atoms with Crippen molar-refractivity contribution in [2.75, 3.05) is 18.0 Å². The molecule has 0 saturated heterocycles. The molecule has 0 unspecified atom stereocenters. The average molecular weight is 606 g/mol. The van der Waals surface area contributed by atoms with Crippen molar-refractivity contribution in [1.29, 1.82) is 0 Å². The Balaban J connectivity index is 1.73. The Morgan fingerprint density at radius 2 is 1.63 bits per heavy atom. The van der Waals surface area contributed by atoms with E-state index in [0.717, 1.165) is 53.1 Å². The van der Waals surface area contributed by atoms with Crippen LogP contribution in [-0.4, -0.2) is 50.9 Å². The van der Waals surface area contributed by atoms with Crippen LogP contribution in [0.15, 0.2) is 77.7 Å². The topological polar surface area (TPSA) is 96.0 Å². The first-order chi connectivity index (χ1) is 20.6. The van der Waals surface area contributed by atoms with E-state index in [1.165, 1.54) is 24.1 Å². The first-order valence-electron chi connectivity index (χ1n) is 15.0. The van der Waals surface area contributed by atoms with Crippen LogP contribution in [0, 0.1) is 13.8 Å². The third kappa shape index (κ3) is 7.96. The highest BCUT2D eigenvalue weighted by atomic mass is 32.2. The molecule has 1 saturated carbocycles. The summed E-state index contributed by atoms with van der Waals surface area (Å²) in [6.07, 6.45) is 5.52. The normalized spacial score (nSPS) is 14.5. The number of para-hydroxylation sites is 2. The van der Waals surface area contributed by atoms with Crippen molar-refractivity contribution in [1.82, 2.24) is 10.2 Å². The van der Waals surface area contributed by atoms with Crippen molar-refractivity contribution < 1.29 is 22.7 Å². The van der Waals surface area contributed by atoms with Crippen molar-refractivity contribution in [3.05, 3.63) is 89.5 Å². The molecule has 4 rings (SSSR count). The second-order valence-corrected chi connectivity index (χ2v) is 13.1. The summed E-state index contributed by atoms with van der Waals surface area (Å²) in [6.45, 7) is 5.39. The fourth-order valence-electron chi connectivity index (χ4n) is 5.66. The van der Waals surface area contributed by atoms with Gasteiger partial charge in [-0.2, -0.15) is 0 Å². The number of benzene rings is 3. The number of nitrogens with zero attached hydrogens (tertiary/aromatic N) is 2. The van der Waals surface area contributed by atoms with Crippen LogP contribution in [0.2, 0.25) is 0 Å². The number of carbonyl (C=O) groups is 2. The molecule has 8 nitrogen and oxygen atoms in total. The van der Waals surface area contributed by atoms with Gasteiger partial charge >= 0.3 is 0 Å². The smallest absolute Gasteiger partial charge is 0.264 e. The number of hydrogen-bond acceptors (Lipinski definition) is 5. The van der Waals surface area contributed by atoms with Gasteiger partial charge in [0.1, 0.15) is 18.3 Å². The highest BCUT2D eigenvalue weighted by Gasteiger charge is 2.35. The minimum Gasteiger partial charge on any atom is -0.495 e. The predicted molar refractivity (Wildman–Crippen MR) is 170 cm³/mol. The van der Waals surface area contributed by atoms with E-state index in [0.29, 0.717) is 12.2 Å². The maximum Gasteiger partial charge on any atom is 0.264 e. The Bertz CT molecular complexity index is 1500. The Morgan fingerprint density at radius 3 is 2.28 bits per heavy atom. The number of hydrogen-bond donors (Lipinski definition) is 1. The van der Waals surface area contributed by atoms with Crippen molar-refractivity contribution in [2.24, 2.45) is 0 Å². The molecule has 1 N–H and O–H groups in total. The number of rotatable bonds is 12. The molecule has 0 heterocycles. The summed E-state index contributed by atoms with van der Waals surface area (Å²) >= 11 is 0. The van der Waals surface area contributed by atoms with Gasteiger partial charge in [-0.05, 0) is 62.9 Å². The van der Waals surface area contributed by atoms with Gasteiger partial charge in [0.2, 0.25) is 11.8 Å². The largest absolute Gasteiger partial charge is 0.495 e. The summed E-state index contributed by atoms with van der Waals surface area (Å²) in [5.41, 5.74) is 3.05. The van der Waals surface area contributed by atoms with E-state index in [1.54, 1.807) is 36.4 Å². The standard InChI is InChI=1S/C34H43N3O5S/c1-5-30(34(39)35-28-14-7-6-8-15-28)36(23-27-13-11-12-26(3)22-27)33(38)24-37(31-16-9-10-17-32(31)42-4)43(40,41)29-20-18-25(2)19-21-29/h9-13,16-22,28,30H,5-8,14-15,23-24H2,1-4H3,(H,35,39)/t30-/m0/s1. The first kappa shape index (κ1) is 32.1. The van der Waals surface area contributed by atoms with Gasteiger partial charge in [-0.1, -0.05) is 85.8 Å². The Morgan fingerprint density at radius 1 is 0.930 bits per heavy atom. The van der Waals surface area contributed by atoms with E-state index in [4.69, 9.17) is 4.74 Å². The molecule has 43 heavy (non-hydrogen) atoms. The zero-order valence-corrected chi connectivity index (χ0v) is 26.4. The fourth-order valence-corrected chi connectivity index (χ4v) is 7.08. The fraction of sp³-hybridized carbons (Fsp3) is 0.412. The van der Waals surface area contributed by atoms with Crippen LogP contribution < -0.4 is 14.4 Å². The van der Waals surface area contributed by atoms with Gasteiger partial charge in [-0.15, -0.1) is 0 Å².